The van der Waals surface area contributed by atoms with Crippen molar-refractivity contribution in [1.29, 1.82) is 0 Å². The number of hydrogen-bond acceptors (Lipinski definition) is 15. The van der Waals surface area contributed by atoms with Crippen molar-refractivity contribution in [3.63, 3.8) is 0 Å². The van der Waals surface area contributed by atoms with Crippen LogP contribution in [-0.2, 0) is 65.4 Å². The van der Waals surface area contributed by atoms with Crippen molar-refractivity contribution >= 4 is 39.5 Å². The average molecular weight is 1510 g/mol. The van der Waals surface area contributed by atoms with E-state index < -0.39 is 97.5 Å². The summed E-state index contributed by atoms with van der Waals surface area (Å²) in [6.07, 6.45) is 96.9. The SMILES string of the molecule is CC/C=C\C/C=C\C/C=C\C/C=C\C/C=C\C/C=C\CCC(=O)OCC(COP(=O)(O)OCC(O)COP(=O)(O)OCC(COC(=O)C/C=C\C/C=C\C/C=C\C/C=C\C/C=C\CC)OC(=O)CCCC/C=C\C/C=C\C/C=C\C/C=C\CC)OC(=O)CCCCCCCCC/C=C\C/C=C\C/C=C\CC. The van der Waals surface area contributed by atoms with Gasteiger partial charge >= 0.3 is 39.5 Å². The number of aliphatic hydroxyl groups excluding tert-OH is 1. The van der Waals surface area contributed by atoms with E-state index in [9.17, 15) is 43.2 Å². The van der Waals surface area contributed by atoms with Gasteiger partial charge in [0, 0.05) is 19.3 Å². The van der Waals surface area contributed by atoms with Gasteiger partial charge in [-0.25, -0.2) is 9.13 Å². The lowest BCUT2D eigenvalue weighted by Crippen LogP contribution is -2.30. The molecule has 5 atom stereocenters. The van der Waals surface area contributed by atoms with Gasteiger partial charge in [-0.05, 0) is 161 Å². The van der Waals surface area contributed by atoms with E-state index in [1.165, 1.54) is 0 Å². The molecule has 0 heterocycles. The van der Waals surface area contributed by atoms with Crippen LogP contribution >= 0.6 is 15.6 Å². The van der Waals surface area contributed by atoms with E-state index in [2.05, 4.69) is 198 Å². The average Bonchev–Trinajstić information content (AvgIpc) is 0.902. The van der Waals surface area contributed by atoms with Crippen LogP contribution in [0.3, 0.4) is 0 Å². The zero-order valence-electron chi connectivity index (χ0n) is 64.8. The van der Waals surface area contributed by atoms with Gasteiger partial charge in [-0.3, -0.25) is 37.3 Å². The number of ether oxygens (including phenoxy) is 4. The second kappa shape index (κ2) is 76.6. The predicted octanol–water partition coefficient (Wildman–Crippen LogP) is 22.9. The van der Waals surface area contributed by atoms with Crippen LogP contribution in [0.25, 0.3) is 0 Å². The maximum atomic E-state index is 13.1. The molecule has 0 amide bonds. The summed E-state index contributed by atoms with van der Waals surface area (Å²) < 4.78 is 68.3. The van der Waals surface area contributed by atoms with E-state index in [1.807, 2.05) is 42.5 Å². The van der Waals surface area contributed by atoms with Gasteiger partial charge in [0.05, 0.1) is 32.8 Å². The molecular formula is C87H134O17P2. The van der Waals surface area contributed by atoms with Crippen molar-refractivity contribution in [2.75, 3.05) is 39.6 Å². The third-order valence-electron chi connectivity index (χ3n) is 15.0. The molecule has 0 saturated carbocycles. The number of hydrogen-bond donors (Lipinski definition) is 3. The molecule has 0 aromatic heterocycles. The zero-order chi connectivity index (χ0) is 77.4. The normalized spacial score (nSPS) is 15.0. The second-order valence-corrected chi connectivity index (χ2v) is 27.7. The molecular weight excluding hydrogens is 1380 g/mol. The Morgan fingerprint density at radius 1 is 0.274 bits per heavy atom. The summed E-state index contributed by atoms with van der Waals surface area (Å²) in [4.78, 5) is 72.9. The highest BCUT2D eigenvalue weighted by molar-refractivity contribution is 7.47. The topological polar surface area (TPSA) is 237 Å². The molecule has 0 aliphatic carbocycles. The first-order valence-corrected chi connectivity index (χ1v) is 42.0. The number of phosphoric acid groups is 2. The van der Waals surface area contributed by atoms with Gasteiger partial charge in [-0.2, -0.15) is 0 Å². The molecule has 19 heteroatoms. The first kappa shape index (κ1) is 99.4. The van der Waals surface area contributed by atoms with Crippen molar-refractivity contribution in [2.24, 2.45) is 0 Å². The Hall–Kier alpha value is -6.62. The van der Waals surface area contributed by atoms with Gasteiger partial charge in [0.2, 0.25) is 0 Å². The lowest BCUT2D eigenvalue weighted by Gasteiger charge is -2.21. The van der Waals surface area contributed by atoms with Gasteiger partial charge in [-0.15, -0.1) is 0 Å². The van der Waals surface area contributed by atoms with Crippen molar-refractivity contribution < 1.29 is 80.2 Å². The standard InChI is InChI=1S/C87H134O17P2/c1-5-9-13-17-21-25-29-33-37-39-40-42-45-48-52-56-60-64-68-72-85(90)98-78-83(104-87(92)74-70-66-62-58-54-50-46-41-38-34-30-26-22-18-14-10-6-2)80-102-106(95,96)100-76-81(88)75-99-105(93,94)101-79-82(103-86(91)73-69-65-61-57-53-49-44-36-32-28-24-20-16-12-8-4)77-97-84(89)71-67-63-59-55-51-47-43-35-31-27-23-19-15-11-7-3/h9-16,21-28,33-38,40,42-44,48,51-53,55,57,60,63-64,67,81-83,88H,5-8,17-20,29-32,39,41,45-47,49-50,54,56,58-59,61-62,65-66,68-80H2,1-4H3,(H,93,94)(H,95,96)/b13-9-,14-10-,15-11-,16-12-,25-21-,26-22-,27-23-,28-24-,37-33-,38-34-,42-40-,43-35-,44-36-,52-48-,55-51-,57-53-,64-60-,67-63-. The highest BCUT2D eigenvalue weighted by atomic mass is 31.2. The monoisotopic (exact) mass is 1510 g/mol. The Morgan fingerprint density at radius 2 is 0.519 bits per heavy atom. The summed E-state index contributed by atoms with van der Waals surface area (Å²) >= 11 is 0. The van der Waals surface area contributed by atoms with E-state index >= 15 is 0 Å². The number of esters is 4. The third-order valence-corrected chi connectivity index (χ3v) is 16.9. The van der Waals surface area contributed by atoms with E-state index in [1.54, 1.807) is 6.08 Å². The fourth-order valence-corrected chi connectivity index (χ4v) is 10.8. The highest BCUT2D eigenvalue weighted by Crippen LogP contribution is 2.45. The van der Waals surface area contributed by atoms with Crippen LogP contribution in [0.1, 0.15) is 246 Å². The number of carbonyl (C=O) groups is 4. The molecule has 594 valence electrons. The number of phosphoric ester groups is 2. The maximum absolute atomic E-state index is 13.1. The van der Waals surface area contributed by atoms with Crippen molar-refractivity contribution in [3.05, 3.63) is 219 Å². The van der Waals surface area contributed by atoms with Crippen LogP contribution in [-0.4, -0.2) is 96.7 Å². The van der Waals surface area contributed by atoms with Gasteiger partial charge in [0.1, 0.15) is 19.3 Å². The first-order valence-electron chi connectivity index (χ1n) is 39.0. The molecule has 0 radical (unpaired) electrons. The van der Waals surface area contributed by atoms with Crippen molar-refractivity contribution in [2.45, 2.75) is 264 Å². The number of carbonyl (C=O) groups excluding carboxylic acids is 4. The summed E-state index contributed by atoms with van der Waals surface area (Å²) in [5.41, 5.74) is 0. The zero-order valence-corrected chi connectivity index (χ0v) is 66.5. The summed E-state index contributed by atoms with van der Waals surface area (Å²) in [6, 6.07) is 0. The minimum absolute atomic E-state index is 0.0119. The molecule has 0 fully saturated rings. The van der Waals surface area contributed by atoms with E-state index in [4.69, 9.17) is 37.0 Å². The highest BCUT2D eigenvalue weighted by Gasteiger charge is 2.30. The Bertz CT molecular complexity index is 2880. The van der Waals surface area contributed by atoms with E-state index in [-0.39, 0.29) is 25.7 Å². The molecule has 0 spiro atoms. The maximum Gasteiger partial charge on any atom is 0.472 e. The molecule has 0 aromatic carbocycles. The molecule has 0 aromatic rings. The van der Waals surface area contributed by atoms with Crippen LogP contribution in [0, 0.1) is 0 Å². The Morgan fingerprint density at radius 3 is 0.849 bits per heavy atom. The molecule has 5 unspecified atom stereocenters. The van der Waals surface area contributed by atoms with Crippen LogP contribution in [0.2, 0.25) is 0 Å². The van der Waals surface area contributed by atoms with Crippen LogP contribution in [0.4, 0.5) is 0 Å². The lowest BCUT2D eigenvalue weighted by molar-refractivity contribution is -0.161. The number of allylic oxidation sites excluding steroid dienone is 35. The Kier molecular flexibility index (Phi) is 71.8. The smallest absolute Gasteiger partial charge is 0.462 e. The summed E-state index contributed by atoms with van der Waals surface area (Å²) in [7, 11) is -10.0. The number of unbranched alkanes of at least 4 members (excludes halogenated alkanes) is 9. The second-order valence-electron chi connectivity index (χ2n) is 24.8. The molecule has 0 aliphatic heterocycles. The first-order chi connectivity index (χ1) is 51.7. The Balaban J connectivity index is 5.57. The van der Waals surface area contributed by atoms with E-state index in [0.29, 0.717) is 38.5 Å². The molecule has 0 rings (SSSR count). The third kappa shape index (κ3) is 75.6. The number of rotatable bonds is 70. The van der Waals surface area contributed by atoms with Crippen LogP contribution in [0.15, 0.2) is 219 Å². The molecule has 3 N–H and O–H groups in total. The van der Waals surface area contributed by atoms with Crippen molar-refractivity contribution in [3.8, 4) is 0 Å². The van der Waals surface area contributed by atoms with Crippen LogP contribution < -0.4 is 0 Å². The summed E-state index contributed by atoms with van der Waals surface area (Å²) in [6.45, 7) is 4.11. The largest absolute Gasteiger partial charge is 0.472 e. The molecule has 0 bridgehead atoms. The predicted molar refractivity (Wildman–Crippen MR) is 435 cm³/mol. The summed E-state index contributed by atoms with van der Waals surface area (Å²) in [5.74, 6) is -2.51. The molecule has 106 heavy (non-hydrogen) atoms. The van der Waals surface area contributed by atoms with Crippen LogP contribution in [0.5, 0.6) is 0 Å². The van der Waals surface area contributed by atoms with Crippen molar-refractivity contribution in [1.82, 2.24) is 0 Å². The minimum Gasteiger partial charge on any atom is -0.462 e. The lowest BCUT2D eigenvalue weighted by atomic mass is 10.1. The molecule has 0 aliphatic rings. The van der Waals surface area contributed by atoms with E-state index in [0.717, 1.165) is 154 Å². The molecule has 17 nitrogen and oxygen atoms in total. The quantitative estimate of drug-likeness (QED) is 0.0169. The Labute approximate surface area is 639 Å². The number of aliphatic hydroxyl groups is 1. The fraction of sp³-hybridized carbons (Fsp3) is 0.540. The molecule has 0 saturated heterocycles. The van der Waals surface area contributed by atoms with Gasteiger partial charge in [-0.1, -0.05) is 279 Å². The van der Waals surface area contributed by atoms with Gasteiger partial charge in [0.25, 0.3) is 0 Å². The summed E-state index contributed by atoms with van der Waals surface area (Å²) in [5, 5.41) is 10.6. The van der Waals surface area contributed by atoms with Gasteiger partial charge in [0.15, 0.2) is 12.2 Å². The fourth-order valence-electron chi connectivity index (χ4n) is 9.20. The van der Waals surface area contributed by atoms with Gasteiger partial charge < -0.3 is 33.8 Å². The minimum atomic E-state index is -5.03.